The average molecular weight is 406 g/mol. The molecule has 150 valence electrons. The number of aryl methyl sites for hydroxylation is 1. The van der Waals surface area contributed by atoms with Crippen molar-refractivity contribution in [2.24, 2.45) is 5.14 Å². The molecule has 0 aliphatic heterocycles. The van der Waals surface area contributed by atoms with E-state index in [9.17, 15) is 18.0 Å². The third-order valence-corrected chi connectivity index (χ3v) is 4.63. The lowest BCUT2D eigenvalue weighted by Gasteiger charge is -2.10. The minimum atomic E-state index is -3.80. The zero-order valence-electron chi connectivity index (χ0n) is 15.4. The van der Waals surface area contributed by atoms with Gasteiger partial charge in [-0.3, -0.25) is 9.59 Å². The molecule has 0 saturated heterocycles. The van der Waals surface area contributed by atoms with E-state index in [0.29, 0.717) is 18.7 Å². The summed E-state index contributed by atoms with van der Waals surface area (Å²) in [6, 6.07) is 12.7. The number of para-hydroxylation sites is 1. The SMILES string of the molecule is CCOc1ccccc1CCC(=O)OCC(=O)Nc1ccc(S(N)(=O)=O)cc1. The van der Waals surface area contributed by atoms with E-state index in [1.165, 1.54) is 24.3 Å². The summed E-state index contributed by atoms with van der Waals surface area (Å²) in [5, 5.41) is 7.51. The van der Waals surface area contributed by atoms with Crippen LogP contribution in [0.15, 0.2) is 53.4 Å². The molecule has 0 aliphatic carbocycles. The van der Waals surface area contributed by atoms with Crippen LogP contribution in [0, 0.1) is 0 Å². The Morgan fingerprint density at radius 1 is 1.07 bits per heavy atom. The van der Waals surface area contributed by atoms with Gasteiger partial charge < -0.3 is 14.8 Å². The number of anilines is 1. The zero-order valence-corrected chi connectivity index (χ0v) is 16.2. The van der Waals surface area contributed by atoms with Crippen LogP contribution in [0.25, 0.3) is 0 Å². The molecule has 0 saturated carbocycles. The number of carbonyl (C=O) groups excluding carboxylic acids is 2. The second kappa shape index (κ2) is 9.86. The van der Waals surface area contributed by atoms with Crippen LogP contribution in [-0.4, -0.2) is 33.5 Å². The van der Waals surface area contributed by atoms with E-state index < -0.39 is 28.5 Å². The van der Waals surface area contributed by atoms with Gasteiger partial charge in [0.25, 0.3) is 5.91 Å². The second-order valence-electron chi connectivity index (χ2n) is 5.82. The highest BCUT2D eigenvalue weighted by Gasteiger charge is 2.11. The normalized spacial score (nSPS) is 10.9. The number of sulfonamides is 1. The fraction of sp³-hybridized carbons (Fsp3) is 0.263. The van der Waals surface area contributed by atoms with Crippen LogP contribution in [0.4, 0.5) is 5.69 Å². The maximum atomic E-state index is 11.9. The Morgan fingerprint density at radius 3 is 2.39 bits per heavy atom. The van der Waals surface area contributed by atoms with Gasteiger partial charge in [0.05, 0.1) is 11.5 Å². The van der Waals surface area contributed by atoms with Crippen molar-refractivity contribution in [1.82, 2.24) is 0 Å². The molecule has 2 rings (SSSR count). The Labute approximate surface area is 163 Å². The summed E-state index contributed by atoms with van der Waals surface area (Å²) >= 11 is 0. The molecule has 2 aromatic carbocycles. The van der Waals surface area contributed by atoms with E-state index in [2.05, 4.69) is 5.32 Å². The van der Waals surface area contributed by atoms with Gasteiger partial charge >= 0.3 is 5.97 Å². The van der Waals surface area contributed by atoms with Crippen molar-refractivity contribution in [2.45, 2.75) is 24.7 Å². The maximum Gasteiger partial charge on any atom is 0.306 e. The van der Waals surface area contributed by atoms with E-state index >= 15 is 0 Å². The number of amides is 1. The van der Waals surface area contributed by atoms with Crippen LogP contribution in [0.1, 0.15) is 18.9 Å². The molecule has 0 unspecified atom stereocenters. The van der Waals surface area contributed by atoms with Crippen molar-refractivity contribution >= 4 is 27.6 Å². The highest BCUT2D eigenvalue weighted by atomic mass is 32.2. The van der Waals surface area contributed by atoms with Crippen molar-refractivity contribution in [3.05, 3.63) is 54.1 Å². The van der Waals surface area contributed by atoms with Gasteiger partial charge in [0, 0.05) is 12.1 Å². The molecule has 8 nitrogen and oxygen atoms in total. The molecule has 0 aliphatic rings. The highest BCUT2D eigenvalue weighted by Crippen LogP contribution is 2.19. The standard InChI is InChI=1S/C19H22N2O6S/c1-2-26-17-6-4-3-5-14(17)7-12-19(23)27-13-18(22)21-15-8-10-16(11-9-15)28(20,24)25/h3-6,8-11H,2,7,12-13H2,1H3,(H,21,22)(H2,20,24,25). The monoisotopic (exact) mass is 406 g/mol. The zero-order chi connectivity index (χ0) is 20.6. The van der Waals surface area contributed by atoms with Crippen LogP contribution < -0.4 is 15.2 Å². The van der Waals surface area contributed by atoms with Crippen LogP contribution >= 0.6 is 0 Å². The van der Waals surface area contributed by atoms with E-state index in [1.54, 1.807) is 0 Å². The molecule has 0 atom stereocenters. The number of hydrogen-bond acceptors (Lipinski definition) is 6. The molecular formula is C19H22N2O6S. The number of esters is 1. The second-order valence-corrected chi connectivity index (χ2v) is 7.38. The lowest BCUT2D eigenvalue weighted by molar-refractivity contribution is -0.147. The predicted molar refractivity (Wildman–Crippen MR) is 103 cm³/mol. The summed E-state index contributed by atoms with van der Waals surface area (Å²) in [6.07, 6.45) is 0.548. The molecule has 9 heteroatoms. The number of benzene rings is 2. The van der Waals surface area contributed by atoms with Crippen molar-refractivity contribution in [1.29, 1.82) is 0 Å². The van der Waals surface area contributed by atoms with Crippen molar-refractivity contribution in [2.75, 3.05) is 18.5 Å². The molecule has 28 heavy (non-hydrogen) atoms. The number of hydrogen-bond donors (Lipinski definition) is 2. The van der Waals surface area contributed by atoms with Crippen LogP contribution in [0.3, 0.4) is 0 Å². The van der Waals surface area contributed by atoms with Gasteiger partial charge in [-0.2, -0.15) is 0 Å². The molecular weight excluding hydrogens is 384 g/mol. The average Bonchev–Trinajstić information content (AvgIpc) is 2.65. The number of primary sulfonamides is 1. The smallest absolute Gasteiger partial charge is 0.306 e. The highest BCUT2D eigenvalue weighted by molar-refractivity contribution is 7.89. The largest absolute Gasteiger partial charge is 0.494 e. The summed E-state index contributed by atoms with van der Waals surface area (Å²) < 4.78 is 32.9. The number of carbonyl (C=O) groups is 2. The van der Waals surface area contributed by atoms with Gasteiger partial charge in [-0.25, -0.2) is 13.6 Å². The summed E-state index contributed by atoms with van der Waals surface area (Å²) in [7, 11) is -3.80. The quantitative estimate of drug-likeness (QED) is 0.612. The van der Waals surface area contributed by atoms with Crippen LogP contribution in [-0.2, 0) is 30.8 Å². The minimum Gasteiger partial charge on any atom is -0.494 e. The lowest BCUT2D eigenvalue weighted by atomic mass is 10.1. The van der Waals surface area contributed by atoms with Gasteiger partial charge in [0.15, 0.2) is 6.61 Å². The Morgan fingerprint density at radius 2 is 1.75 bits per heavy atom. The van der Waals surface area contributed by atoms with Gasteiger partial charge in [0.1, 0.15) is 5.75 Å². The van der Waals surface area contributed by atoms with E-state index in [1.807, 2.05) is 31.2 Å². The first kappa shape index (κ1) is 21.4. The van der Waals surface area contributed by atoms with E-state index in [4.69, 9.17) is 14.6 Å². The topological polar surface area (TPSA) is 125 Å². The van der Waals surface area contributed by atoms with E-state index in [-0.39, 0.29) is 11.3 Å². The Balaban J connectivity index is 1.79. The number of ether oxygens (including phenoxy) is 2. The van der Waals surface area contributed by atoms with Gasteiger partial charge in [-0.1, -0.05) is 18.2 Å². The molecule has 3 N–H and O–H groups in total. The Kier molecular flexibility index (Phi) is 7.53. The maximum absolute atomic E-state index is 11.9. The molecule has 0 radical (unpaired) electrons. The summed E-state index contributed by atoms with van der Waals surface area (Å²) in [5.41, 5.74) is 1.25. The predicted octanol–water partition coefficient (Wildman–Crippen LogP) is 1.85. The first-order chi connectivity index (χ1) is 13.3. The van der Waals surface area contributed by atoms with Crippen molar-refractivity contribution < 1.29 is 27.5 Å². The fourth-order valence-corrected chi connectivity index (χ4v) is 2.90. The third kappa shape index (κ3) is 6.67. The van der Waals surface area contributed by atoms with Crippen molar-refractivity contribution in [3.63, 3.8) is 0 Å². The first-order valence-corrected chi connectivity index (χ1v) is 10.1. The van der Waals surface area contributed by atoms with Gasteiger partial charge in [0.2, 0.25) is 10.0 Å². The molecule has 0 aromatic heterocycles. The Hall–Kier alpha value is -2.91. The number of nitrogens with two attached hydrogens (primary N) is 1. The fourth-order valence-electron chi connectivity index (χ4n) is 2.39. The molecule has 1 amide bonds. The minimum absolute atomic E-state index is 0.0655. The van der Waals surface area contributed by atoms with E-state index in [0.717, 1.165) is 11.3 Å². The molecule has 0 fully saturated rings. The number of nitrogens with one attached hydrogen (secondary N) is 1. The number of rotatable bonds is 9. The summed E-state index contributed by atoms with van der Waals surface area (Å²) in [4.78, 5) is 23.7. The lowest BCUT2D eigenvalue weighted by Crippen LogP contribution is -2.21. The van der Waals surface area contributed by atoms with Gasteiger partial charge in [-0.05, 0) is 49.2 Å². The summed E-state index contributed by atoms with van der Waals surface area (Å²) in [5.74, 6) is -0.323. The molecule has 0 heterocycles. The molecule has 0 bridgehead atoms. The van der Waals surface area contributed by atoms with Crippen LogP contribution in [0.2, 0.25) is 0 Å². The van der Waals surface area contributed by atoms with Gasteiger partial charge in [-0.15, -0.1) is 0 Å². The molecule has 2 aromatic rings. The van der Waals surface area contributed by atoms with Crippen molar-refractivity contribution in [3.8, 4) is 5.75 Å². The van der Waals surface area contributed by atoms with Crippen LogP contribution in [0.5, 0.6) is 5.75 Å². The first-order valence-electron chi connectivity index (χ1n) is 8.58. The Bertz CT molecular complexity index is 926. The summed E-state index contributed by atoms with van der Waals surface area (Å²) in [6.45, 7) is 1.97. The molecule has 0 spiro atoms. The third-order valence-electron chi connectivity index (χ3n) is 3.70.